The van der Waals surface area contributed by atoms with E-state index in [1.54, 1.807) is 0 Å². The summed E-state index contributed by atoms with van der Waals surface area (Å²) in [5.41, 5.74) is 7.98. The fourth-order valence-corrected chi connectivity index (χ4v) is 2.15. The highest BCUT2D eigenvalue weighted by Gasteiger charge is 2.14. The highest BCUT2D eigenvalue weighted by atomic mass is 79.9. The summed E-state index contributed by atoms with van der Waals surface area (Å²) in [7, 11) is 0. The van der Waals surface area contributed by atoms with Crippen LogP contribution in [-0.2, 0) is 0 Å². The van der Waals surface area contributed by atoms with Gasteiger partial charge in [-0.15, -0.1) is 0 Å². The monoisotopic (exact) mass is 240 g/mol. The second-order valence-corrected chi connectivity index (χ2v) is 4.31. The van der Waals surface area contributed by atoms with Crippen LogP contribution < -0.4 is 10.6 Å². The van der Waals surface area contributed by atoms with Crippen LogP contribution in [0.4, 0.5) is 11.4 Å². The summed E-state index contributed by atoms with van der Waals surface area (Å²) in [5.74, 6) is 0. The summed E-state index contributed by atoms with van der Waals surface area (Å²) < 4.78 is 1.05. The van der Waals surface area contributed by atoms with E-state index in [2.05, 4.69) is 26.9 Å². The number of rotatable bonds is 1. The highest BCUT2D eigenvalue weighted by molar-refractivity contribution is 9.10. The Bertz CT molecular complexity index is 306. The lowest BCUT2D eigenvalue weighted by molar-refractivity contribution is 0.949. The minimum Gasteiger partial charge on any atom is -0.397 e. The third kappa shape index (κ3) is 1.80. The van der Waals surface area contributed by atoms with Crippen molar-refractivity contribution in [3.05, 3.63) is 22.7 Å². The topological polar surface area (TPSA) is 29.3 Å². The lowest BCUT2D eigenvalue weighted by Gasteiger charge is -2.19. The zero-order chi connectivity index (χ0) is 9.26. The molecule has 3 heteroatoms. The van der Waals surface area contributed by atoms with Crippen LogP contribution in [0.5, 0.6) is 0 Å². The largest absolute Gasteiger partial charge is 0.397 e. The first kappa shape index (κ1) is 8.88. The van der Waals surface area contributed by atoms with E-state index in [0.29, 0.717) is 0 Å². The average molecular weight is 241 g/mol. The zero-order valence-electron chi connectivity index (χ0n) is 7.46. The molecule has 1 aromatic carbocycles. The van der Waals surface area contributed by atoms with Gasteiger partial charge in [-0.2, -0.15) is 0 Å². The third-order valence-electron chi connectivity index (χ3n) is 2.44. The van der Waals surface area contributed by atoms with Crippen molar-refractivity contribution in [2.45, 2.75) is 12.8 Å². The molecule has 0 saturated carbocycles. The molecule has 2 N–H and O–H groups in total. The number of nitrogens with zero attached hydrogens (tertiary/aromatic N) is 1. The van der Waals surface area contributed by atoms with Crippen molar-refractivity contribution in [1.29, 1.82) is 0 Å². The number of hydrogen-bond donors (Lipinski definition) is 1. The molecule has 0 aromatic heterocycles. The van der Waals surface area contributed by atoms with Crippen LogP contribution in [-0.4, -0.2) is 13.1 Å². The molecule has 1 aromatic rings. The number of benzene rings is 1. The molecule has 0 bridgehead atoms. The van der Waals surface area contributed by atoms with Gasteiger partial charge in [0.2, 0.25) is 0 Å². The first-order chi connectivity index (χ1) is 6.27. The Morgan fingerprint density at radius 2 is 1.92 bits per heavy atom. The maximum Gasteiger partial charge on any atom is 0.0600 e. The third-order valence-corrected chi connectivity index (χ3v) is 2.93. The van der Waals surface area contributed by atoms with Crippen LogP contribution in [0.3, 0.4) is 0 Å². The Morgan fingerprint density at radius 3 is 2.54 bits per heavy atom. The fraction of sp³-hybridized carbons (Fsp3) is 0.400. The minimum atomic E-state index is 0.872. The molecule has 1 saturated heterocycles. The van der Waals surface area contributed by atoms with Crippen molar-refractivity contribution in [1.82, 2.24) is 0 Å². The Kier molecular flexibility index (Phi) is 2.44. The first-order valence-corrected chi connectivity index (χ1v) is 5.36. The van der Waals surface area contributed by atoms with Gasteiger partial charge in [0.15, 0.2) is 0 Å². The summed E-state index contributed by atoms with van der Waals surface area (Å²) in [6.45, 7) is 2.29. The van der Waals surface area contributed by atoms with Crippen molar-refractivity contribution < 1.29 is 0 Å². The van der Waals surface area contributed by atoms with Crippen molar-refractivity contribution >= 4 is 27.3 Å². The summed E-state index contributed by atoms with van der Waals surface area (Å²) in [4.78, 5) is 2.35. The van der Waals surface area contributed by atoms with Gasteiger partial charge in [-0.05, 0) is 31.0 Å². The van der Waals surface area contributed by atoms with Crippen LogP contribution in [0.15, 0.2) is 22.7 Å². The Balaban J connectivity index is 2.29. The van der Waals surface area contributed by atoms with E-state index in [1.165, 1.54) is 18.5 Å². The van der Waals surface area contributed by atoms with Gasteiger partial charge < -0.3 is 10.6 Å². The minimum absolute atomic E-state index is 0.872. The van der Waals surface area contributed by atoms with Crippen LogP contribution >= 0.6 is 15.9 Å². The van der Waals surface area contributed by atoms with Gasteiger partial charge in [0, 0.05) is 17.6 Å². The number of anilines is 2. The maximum absolute atomic E-state index is 5.93. The molecule has 0 atom stereocenters. The summed E-state index contributed by atoms with van der Waals surface area (Å²) >= 11 is 3.41. The van der Waals surface area contributed by atoms with Gasteiger partial charge in [0.05, 0.1) is 11.4 Å². The molecule has 70 valence electrons. The van der Waals surface area contributed by atoms with Crippen LogP contribution in [0.25, 0.3) is 0 Å². The van der Waals surface area contributed by atoms with E-state index in [0.717, 1.165) is 23.2 Å². The van der Waals surface area contributed by atoms with Crippen molar-refractivity contribution in [3.8, 4) is 0 Å². The van der Waals surface area contributed by atoms with E-state index in [-0.39, 0.29) is 0 Å². The summed E-state index contributed by atoms with van der Waals surface area (Å²) in [6, 6.07) is 6.10. The van der Waals surface area contributed by atoms with E-state index in [4.69, 9.17) is 5.73 Å². The Morgan fingerprint density at radius 1 is 1.23 bits per heavy atom. The molecule has 1 fully saturated rings. The van der Waals surface area contributed by atoms with Gasteiger partial charge in [0.1, 0.15) is 0 Å². The standard InChI is InChI=1S/C10H13BrN2/c11-8-3-4-10(9(12)7-8)13-5-1-2-6-13/h3-4,7H,1-2,5-6,12H2. The predicted molar refractivity (Wildman–Crippen MR) is 60.0 cm³/mol. The van der Waals surface area contributed by atoms with Crippen molar-refractivity contribution in [3.63, 3.8) is 0 Å². The van der Waals surface area contributed by atoms with E-state index >= 15 is 0 Å². The second-order valence-electron chi connectivity index (χ2n) is 3.40. The highest BCUT2D eigenvalue weighted by Crippen LogP contribution is 2.28. The predicted octanol–water partition coefficient (Wildman–Crippen LogP) is 2.63. The number of hydrogen-bond acceptors (Lipinski definition) is 2. The van der Waals surface area contributed by atoms with Gasteiger partial charge >= 0.3 is 0 Å². The van der Waals surface area contributed by atoms with Crippen LogP contribution in [0.1, 0.15) is 12.8 Å². The summed E-state index contributed by atoms with van der Waals surface area (Å²) in [5, 5.41) is 0. The molecule has 2 nitrogen and oxygen atoms in total. The lowest BCUT2D eigenvalue weighted by Crippen LogP contribution is -2.18. The molecule has 1 aliphatic heterocycles. The quantitative estimate of drug-likeness (QED) is 0.766. The van der Waals surface area contributed by atoms with E-state index in [1.807, 2.05) is 12.1 Å². The smallest absolute Gasteiger partial charge is 0.0600 e. The molecule has 2 rings (SSSR count). The van der Waals surface area contributed by atoms with Crippen LogP contribution in [0, 0.1) is 0 Å². The second kappa shape index (κ2) is 3.58. The number of nitrogens with two attached hydrogens (primary N) is 1. The number of nitrogen functional groups attached to an aromatic ring is 1. The van der Waals surface area contributed by atoms with E-state index in [9.17, 15) is 0 Å². The maximum atomic E-state index is 5.93. The molecule has 1 aliphatic rings. The zero-order valence-corrected chi connectivity index (χ0v) is 9.05. The molecule has 0 unspecified atom stereocenters. The molecule has 1 heterocycles. The average Bonchev–Trinajstić information content (AvgIpc) is 2.56. The Hall–Kier alpha value is -0.700. The lowest BCUT2D eigenvalue weighted by atomic mass is 10.2. The fourth-order valence-electron chi connectivity index (χ4n) is 1.77. The van der Waals surface area contributed by atoms with E-state index < -0.39 is 0 Å². The molecule has 0 aliphatic carbocycles. The normalized spacial score (nSPS) is 16.5. The molecule has 0 radical (unpaired) electrons. The summed E-state index contributed by atoms with van der Waals surface area (Å²) in [6.07, 6.45) is 2.57. The molecule has 13 heavy (non-hydrogen) atoms. The van der Waals surface area contributed by atoms with Crippen molar-refractivity contribution in [2.75, 3.05) is 23.7 Å². The van der Waals surface area contributed by atoms with Gasteiger partial charge in [-0.25, -0.2) is 0 Å². The van der Waals surface area contributed by atoms with Gasteiger partial charge in [0.25, 0.3) is 0 Å². The van der Waals surface area contributed by atoms with Gasteiger partial charge in [-0.1, -0.05) is 15.9 Å². The Labute approximate surface area is 86.9 Å². The van der Waals surface area contributed by atoms with Crippen LogP contribution in [0.2, 0.25) is 0 Å². The van der Waals surface area contributed by atoms with Crippen molar-refractivity contribution in [2.24, 2.45) is 0 Å². The van der Waals surface area contributed by atoms with Gasteiger partial charge in [-0.3, -0.25) is 0 Å². The molecular weight excluding hydrogens is 228 g/mol. The molecule has 0 amide bonds. The SMILES string of the molecule is Nc1cc(Br)ccc1N1CCCC1. The molecular formula is C10H13BrN2. The molecule has 0 spiro atoms. The first-order valence-electron chi connectivity index (χ1n) is 4.57. The number of halogens is 1.